The van der Waals surface area contributed by atoms with Gasteiger partial charge in [0.15, 0.2) is 9.84 Å². The summed E-state index contributed by atoms with van der Waals surface area (Å²) >= 11 is 7.17. The molecule has 0 unspecified atom stereocenters. The molecule has 1 aromatic heterocycles. The molecule has 0 saturated carbocycles. The van der Waals surface area contributed by atoms with Gasteiger partial charge < -0.3 is 4.90 Å². The standard InChI is InChI=1S/C15H14ClNO3S2/c16-11-3-5-12(6-4-11)22(19,20)13-7-8-17(10-13)15(18)14-2-1-9-21-14/h1-6,9,13H,7-8,10H2/t13-/m0/s1. The Labute approximate surface area is 138 Å². The van der Waals surface area contributed by atoms with Crippen LogP contribution in [0.5, 0.6) is 0 Å². The van der Waals surface area contributed by atoms with Crippen LogP contribution >= 0.6 is 22.9 Å². The van der Waals surface area contributed by atoms with Crippen molar-refractivity contribution in [2.45, 2.75) is 16.6 Å². The maximum atomic E-state index is 12.6. The molecule has 3 rings (SSSR count). The largest absolute Gasteiger partial charge is 0.337 e. The summed E-state index contributed by atoms with van der Waals surface area (Å²) < 4.78 is 25.2. The van der Waals surface area contributed by atoms with E-state index in [-0.39, 0.29) is 17.3 Å². The van der Waals surface area contributed by atoms with Crippen LogP contribution in [-0.2, 0) is 9.84 Å². The predicted molar refractivity (Wildman–Crippen MR) is 87.3 cm³/mol. The zero-order valence-corrected chi connectivity index (χ0v) is 14.0. The highest BCUT2D eigenvalue weighted by atomic mass is 35.5. The third kappa shape index (κ3) is 2.91. The molecule has 1 aliphatic heterocycles. The molecule has 7 heteroatoms. The highest BCUT2D eigenvalue weighted by molar-refractivity contribution is 7.92. The van der Waals surface area contributed by atoms with Crippen molar-refractivity contribution in [1.29, 1.82) is 0 Å². The number of amides is 1. The van der Waals surface area contributed by atoms with Gasteiger partial charge >= 0.3 is 0 Å². The molecule has 4 nitrogen and oxygen atoms in total. The van der Waals surface area contributed by atoms with E-state index in [1.54, 1.807) is 23.1 Å². The Kier molecular flexibility index (Phi) is 4.25. The van der Waals surface area contributed by atoms with E-state index in [1.165, 1.54) is 23.5 Å². The first-order valence-corrected chi connectivity index (χ1v) is 9.61. The van der Waals surface area contributed by atoms with Crippen molar-refractivity contribution in [2.75, 3.05) is 13.1 Å². The average molecular weight is 356 g/mol. The number of hydrogen-bond donors (Lipinski definition) is 0. The Morgan fingerprint density at radius 3 is 2.59 bits per heavy atom. The number of carbonyl (C=O) groups is 1. The normalized spacial score (nSPS) is 18.6. The fraction of sp³-hybridized carbons (Fsp3) is 0.267. The maximum Gasteiger partial charge on any atom is 0.263 e. The monoisotopic (exact) mass is 355 g/mol. The van der Waals surface area contributed by atoms with Gasteiger partial charge in [0.2, 0.25) is 0 Å². The Hall–Kier alpha value is -1.37. The van der Waals surface area contributed by atoms with Gasteiger partial charge in [0.05, 0.1) is 15.0 Å². The Balaban J connectivity index is 1.77. The molecular weight excluding hydrogens is 342 g/mol. The number of hydrogen-bond acceptors (Lipinski definition) is 4. The molecule has 1 fully saturated rings. The number of rotatable bonds is 3. The number of likely N-dealkylation sites (tertiary alicyclic amines) is 1. The van der Waals surface area contributed by atoms with E-state index < -0.39 is 15.1 Å². The molecule has 1 atom stereocenters. The highest BCUT2D eigenvalue weighted by Gasteiger charge is 2.36. The zero-order valence-electron chi connectivity index (χ0n) is 11.6. The van der Waals surface area contributed by atoms with Crippen molar-refractivity contribution in [3.8, 4) is 0 Å². The summed E-state index contributed by atoms with van der Waals surface area (Å²) in [6, 6.07) is 9.74. The summed E-state index contributed by atoms with van der Waals surface area (Å²) in [6.45, 7) is 0.704. The van der Waals surface area contributed by atoms with Crippen molar-refractivity contribution < 1.29 is 13.2 Å². The van der Waals surface area contributed by atoms with Gasteiger partial charge in [0, 0.05) is 18.1 Å². The lowest BCUT2D eigenvalue weighted by molar-refractivity contribution is 0.0798. The molecule has 1 aromatic carbocycles. The quantitative estimate of drug-likeness (QED) is 0.850. The topological polar surface area (TPSA) is 54.5 Å². The molecule has 1 saturated heterocycles. The zero-order chi connectivity index (χ0) is 15.7. The number of sulfone groups is 1. The Morgan fingerprint density at radius 2 is 1.95 bits per heavy atom. The van der Waals surface area contributed by atoms with Gasteiger partial charge in [0.25, 0.3) is 5.91 Å². The van der Waals surface area contributed by atoms with Crippen molar-refractivity contribution in [3.63, 3.8) is 0 Å². The van der Waals surface area contributed by atoms with Crippen LogP contribution in [0.25, 0.3) is 0 Å². The van der Waals surface area contributed by atoms with E-state index >= 15 is 0 Å². The SMILES string of the molecule is O=C(c1cccs1)N1CC[C@H](S(=O)(=O)c2ccc(Cl)cc2)C1. The predicted octanol–water partition coefficient (Wildman–Crippen LogP) is 3.09. The molecule has 0 N–H and O–H groups in total. The first-order chi connectivity index (χ1) is 10.5. The van der Waals surface area contributed by atoms with E-state index in [2.05, 4.69) is 0 Å². The first kappa shape index (κ1) is 15.5. The number of nitrogens with zero attached hydrogens (tertiary/aromatic N) is 1. The van der Waals surface area contributed by atoms with Crippen LogP contribution in [0, 0.1) is 0 Å². The van der Waals surface area contributed by atoms with Gasteiger partial charge in [-0.2, -0.15) is 0 Å². The lowest BCUT2D eigenvalue weighted by atomic mass is 10.4. The molecular formula is C15H14ClNO3S2. The van der Waals surface area contributed by atoms with Gasteiger partial charge in [-0.3, -0.25) is 4.79 Å². The Morgan fingerprint density at radius 1 is 1.23 bits per heavy atom. The van der Waals surface area contributed by atoms with E-state index in [9.17, 15) is 13.2 Å². The van der Waals surface area contributed by atoms with Crippen molar-refractivity contribution >= 4 is 38.7 Å². The summed E-state index contributed by atoms with van der Waals surface area (Å²) in [5.41, 5.74) is 0. The fourth-order valence-electron chi connectivity index (χ4n) is 2.54. The maximum absolute atomic E-state index is 12.6. The molecule has 0 radical (unpaired) electrons. The van der Waals surface area contributed by atoms with Crippen molar-refractivity contribution in [1.82, 2.24) is 4.90 Å². The average Bonchev–Trinajstić information content (AvgIpc) is 3.19. The second-order valence-corrected chi connectivity index (χ2v) is 8.75. The number of carbonyl (C=O) groups excluding carboxylic acids is 1. The first-order valence-electron chi connectivity index (χ1n) is 6.81. The fourth-order valence-corrected chi connectivity index (χ4v) is 5.05. The minimum atomic E-state index is -3.44. The molecule has 0 spiro atoms. The molecule has 2 heterocycles. The molecule has 1 amide bonds. The number of benzene rings is 1. The summed E-state index contributed by atoms with van der Waals surface area (Å²) in [5, 5.41) is 1.78. The summed E-state index contributed by atoms with van der Waals surface area (Å²) in [6.07, 6.45) is 0.460. The van der Waals surface area contributed by atoms with Crippen LogP contribution in [0.15, 0.2) is 46.7 Å². The second kappa shape index (κ2) is 6.02. The molecule has 22 heavy (non-hydrogen) atoms. The van der Waals surface area contributed by atoms with Gasteiger partial charge in [-0.1, -0.05) is 17.7 Å². The third-order valence-electron chi connectivity index (χ3n) is 3.75. The lowest BCUT2D eigenvalue weighted by Crippen LogP contribution is -2.31. The third-order valence-corrected chi connectivity index (χ3v) is 7.05. The van der Waals surface area contributed by atoms with Crippen molar-refractivity contribution in [3.05, 3.63) is 51.7 Å². The van der Waals surface area contributed by atoms with E-state index in [0.717, 1.165) is 0 Å². The van der Waals surface area contributed by atoms with Gasteiger partial charge in [-0.05, 0) is 42.1 Å². The van der Waals surface area contributed by atoms with E-state index in [1.807, 2.05) is 11.4 Å². The molecule has 0 aliphatic carbocycles. The van der Waals surface area contributed by atoms with Crippen molar-refractivity contribution in [2.24, 2.45) is 0 Å². The summed E-state index contributed by atoms with van der Waals surface area (Å²) in [7, 11) is -3.44. The Bertz CT molecular complexity index is 770. The molecule has 116 valence electrons. The number of thiophene rings is 1. The van der Waals surface area contributed by atoms with Crippen LogP contribution in [0.1, 0.15) is 16.1 Å². The summed E-state index contributed by atoms with van der Waals surface area (Å²) in [5.74, 6) is -0.0937. The number of halogens is 1. The van der Waals surface area contributed by atoms with Crippen LogP contribution in [0.2, 0.25) is 5.02 Å². The molecule has 2 aromatic rings. The lowest BCUT2D eigenvalue weighted by Gasteiger charge is -2.16. The smallest absolute Gasteiger partial charge is 0.263 e. The van der Waals surface area contributed by atoms with Crippen LogP contribution < -0.4 is 0 Å². The van der Waals surface area contributed by atoms with E-state index in [0.29, 0.717) is 22.9 Å². The van der Waals surface area contributed by atoms with Gasteiger partial charge in [-0.15, -0.1) is 11.3 Å². The van der Waals surface area contributed by atoms with Crippen LogP contribution in [-0.4, -0.2) is 37.6 Å². The minimum absolute atomic E-state index is 0.0937. The summed E-state index contributed by atoms with van der Waals surface area (Å²) in [4.78, 5) is 14.8. The van der Waals surface area contributed by atoms with E-state index in [4.69, 9.17) is 11.6 Å². The second-order valence-electron chi connectivity index (χ2n) is 5.14. The van der Waals surface area contributed by atoms with Crippen LogP contribution in [0.3, 0.4) is 0 Å². The highest BCUT2D eigenvalue weighted by Crippen LogP contribution is 2.26. The van der Waals surface area contributed by atoms with Gasteiger partial charge in [0.1, 0.15) is 0 Å². The molecule has 1 aliphatic rings. The molecule has 0 bridgehead atoms. The minimum Gasteiger partial charge on any atom is -0.337 e. The van der Waals surface area contributed by atoms with Crippen LogP contribution in [0.4, 0.5) is 0 Å². The van der Waals surface area contributed by atoms with Gasteiger partial charge in [-0.25, -0.2) is 8.42 Å².